The predicted octanol–water partition coefficient (Wildman–Crippen LogP) is 5.54. The van der Waals surface area contributed by atoms with Crippen LogP contribution in [0.4, 0.5) is 11.4 Å². The molecule has 1 N–H and O–H groups in total. The molecule has 3 aliphatic carbocycles. The quantitative estimate of drug-likeness (QED) is 0.345. The topological polar surface area (TPSA) is 83.6 Å². The van der Waals surface area contributed by atoms with Crippen molar-refractivity contribution in [2.45, 2.75) is 16.7 Å². The van der Waals surface area contributed by atoms with E-state index in [0.717, 1.165) is 22.3 Å². The third-order valence-electron chi connectivity index (χ3n) is 7.93. The summed E-state index contributed by atoms with van der Waals surface area (Å²) in [5, 5.41) is 0.487. The van der Waals surface area contributed by atoms with E-state index >= 15 is 0 Å². The first kappa shape index (κ1) is 23.2. The summed E-state index contributed by atoms with van der Waals surface area (Å²) in [6, 6.07) is 28.4. The summed E-state index contributed by atoms with van der Waals surface area (Å²) in [6.07, 6.45) is 0. The molecule has 2 amide bonds. The number of nitrogens with one attached hydrogen (secondary N) is 1. The molecule has 1 aliphatic heterocycles. The molecule has 4 aromatic rings. The Bertz CT molecular complexity index is 1640. The number of halogens is 1. The Morgan fingerprint density at radius 3 is 1.66 bits per heavy atom. The Morgan fingerprint density at radius 2 is 1.16 bits per heavy atom. The van der Waals surface area contributed by atoms with Gasteiger partial charge in [-0.1, -0.05) is 66.2 Å². The Balaban J connectivity index is 1.28. The first-order valence-electron chi connectivity index (χ1n) is 12.3. The zero-order chi connectivity index (χ0) is 26.2. The lowest BCUT2D eigenvalue weighted by molar-refractivity contribution is -0.122. The second-order valence-corrected chi connectivity index (χ2v) is 12.0. The van der Waals surface area contributed by atoms with E-state index in [9.17, 15) is 18.0 Å². The number of sulfonamides is 1. The van der Waals surface area contributed by atoms with Crippen molar-refractivity contribution >= 4 is 44.8 Å². The van der Waals surface area contributed by atoms with Crippen LogP contribution in [-0.4, -0.2) is 20.2 Å². The molecule has 38 heavy (non-hydrogen) atoms. The van der Waals surface area contributed by atoms with Gasteiger partial charge in [0.05, 0.1) is 22.4 Å². The number of carbonyl (C=O) groups is 2. The number of carbonyl (C=O) groups excluding carboxylic acids is 2. The highest BCUT2D eigenvalue weighted by Gasteiger charge is 2.61. The van der Waals surface area contributed by atoms with Crippen molar-refractivity contribution in [3.05, 3.63) is 124 Å². The summed E-state index contributed by atoms with van der Waals surface area (Å²) in [6.45, 7) is 0. The van der Waals surface area contributed by atoms with Crippen LogP contribution in [0.25, 0.3) is 0 Å². The smallest absolute Gasteiger partial charge is 0.261 e. The summed E-state index contributed by atoms with van der Waals surface area (Å²) < 4.78 is 28.8. The number of hydrogen-bond donors (Lipinski definition) is 1. The molecule has 1 saturated heterocycles. The highest BCUT2D eigenvalue weighted by atomic mass is 35.5. The second kappa shape index (κ2) is 8.28. The van der Waals surface area contributed by atoms with Crippen LogP contribution in [0.2, 0.25) is 5.02 Å². The van der Waals surface area contributed by atoms with Crippen molar-refractivity contribution in [1.29, 1.82) is 0 Å². The average molecular weight is 541 g/mol. The molecule has 4 aromatic carbocycles. The Morgan fingerprint density at radius 1 is 0.658 bits per heavy atom. The SMILES string of the molecule is O=C1[C@H]2C3c4ccccc4C(c4ccccc43)[C@@H]2C(=O)N1c1cccc(S(=O)(=O)Nc2ccc(Cl)cc2)c1. The molecule has 8 heteroatoms. The first-order valence-corrected chi connectivity index (χ1v) is 14.2. The minimum absolute atomic E-state index is 0.0463. The standard InChI is InChI=1S/C30H21ClN2O4S/c31-17-12-14-18(15-13-17)32-38(36,37)20-7-5-6-19(16-20)33-29(34)27-25-21-8-1-2-9-22(21)26(28(27)30(33)35)24-11-4-3-10-23(24)25/h1-16,25-28,32H/t25?,26?,27-,28-/m0/s1. The van der Waals surface area contributed by atoms with Gasteiger partial charge in [-0.3, -0.25) is 14.3 Å². The van der Waals surface area contributed by atoms with E-state index in [2.05, 4.69) is 29.0 Å². The van der Waals surface area contributed by atoms with Gasteiger partial charge in [-0.25, -0.2) is 13.3 Å². The van der Waals surface area contributed by atoms with Crippen LogP contribution in [0.3, 0.4) is 0 Å². The molecule has 0 spiro atoms. The molecular weight excluding hydrogens is 520 g/mol. The summed E-state index contributed by atoms with van der Waals surface area (Å²) in [7, 11) is -3.98. The highest BCUT2D eigenvalue weighted by Crippen LogP contribution is 2.61. The first-order chi connectivity index (χ1) is 18.3. The fourth-order valence-electron chi connectivity index (χ4n) is 6.45. The van der Waals surface area contributed by atoms with Gasteiger partial charge in [0.15, 0.2) is 0 Å². The van der Waals surface area contributed by atoms with Gasteiger partial charge in [-0.15, -0.1) is 0 Å². The average Bonchev–Trinajstić information content (AvgIpc) is 3.20. The molecule has 0 aromatic heterocycles. The van der Waals surface area contributed by atoms with Crippen molar-refractivity contribution in [3.8, 4) is 0 Å². The Hall–Kier alpha value is -3.94. The van der Waals surface area contributed by atoms with Crippen molar-refractivity contribution in [2.24, 2.45) is 11.8 Å². The summed E-state index contributed by atoms with van der Waals surface area (Å²) in [5.74, 6) is -2.11. The van der Waals surface area contributed by atoms with Gasteiger partial charge in [0.1, 0.15) is 0 Å². The molecule has 2 atom stereocenters. The van der Waals surface area contributed by atoms with Crippen LogP contribution < -0.4 is 9.62 Å². The van der Waals surface area contributed by atoms with Crippen molar-refractivity contribution < 1.29 is 18.0 Å². The monoisotopic (exact) mass is 540 g/mol. The maximum absolute atomic E-state index is 14.0. The van der Waals surface area contributed by atoms with Crippen LogP contribution in [0.15, 0.2) is 102 Å². The van der Waals surface area contributed by atoms with Crippen LogP contribution in [0.5, 0.6) is 0 Å². The van der Waals surface area contributed by atoms with Gasteiger partial charge in [0, 0.05) is 22.5 Å². The minimum Gasteiger partial charge on any atom is -0.280 e. The molecule has 6 nitrogen and oxygen atoms in total. The molecule has 0 radical (unpaired) electrons. The fourth-order valence-corrected chi connectivity index (χ4v) is 7.68. The molecule has 8 rings (SSSR count). The lowest BCUT2D eigenvalue weighted by atomic mass is 9.55. The molecule has 1 fully saturated rings. The molecular formula is C30H21ClN2O4S. The van der Waals surface area contributed by atoms with Gasteiger partial charge >= 0.3 is 0 Å². The maximum Gasteiger partial charge on any atom is 0.261 e. The summed E-state index contributed by atoms with van der Waals surface area (Å²) in [4.78, 5) is 29.1. The zero-order valence-electron chi connectivity index (χ0n) is 19.9. The maximum atomic E-state index is 14.0. The molecule has 1 heterocycles. The number of rotatable bonds is 4. The van der Waals surface area contributed by atoms with Gasteiger partial charge in [-0.2, -0.15) is 0 Å². The summed E-state index contributed by atoms with van der Waals surface area (Å²) in [5.41, 5.74) is 4.95. The molecule has 0 saturated carbocycles. The lowest BCUT2D eigenvalue weighted by Gasteiger charge is -2.45. The molecule has 188 valence electrons. The minimum atomic E-state index is -3.98. The Kier molecular flexibility index (Phi) is 5.05. The van der Waals surface area contributed by atoms with Gasteiger partial charge < -0.3 is 0 Å². The highest BCUT2D eigenvalue weighted by molar-refractivity contribution is 7.92. The van der Waals surface area contributed by atoms with E-state index in [-0.39, 0.29) is 34.2 Å². The van der Waals surface area contributed by atoms with Gasteiger partial charge in [0.2, 0.25) is 11.8 Å². The van der Waals surface area contributed by atoms with Crippen LogP contribution in [-0.2, 0) is 19.6 Å². The van der Waals surface area contributed by atoms with Crippen LogP contribution >= 0.6 is 11.6 Å². The van der Waals surface area contributed by atoms with Gasteiger partial charge in [0.25, 0.3) is 10.0 Å². The number of benzene rings is 4. The van der Waals surface area contributed by atoms with Crippen LogP contribution in [0.1, 0.15) is 34.1 Å². The normalized spacial score (nSPS) is 23.1. The third-order valence-corrected chi connectivity index (χ3v) is 9.56. The summed E-state index contributed by atoms with van der Waals surface area (Å²) >= 11 is 5.91. The van der Waals surface area contributed by atoms with E-state index in [4.69, 9.17) is 11.6 Å². The van der Waals surface area contributed by atoms with Crippen molar-refractivity contribution in [3.63, 3.8) is 0 Å². The predicted molar refractivity (Wildman–Crippen MR) is 145 cm³/mol. The van der Waals surface area contributed by atoms with E-state index in [0.29, 0.717) is 10.7 Å². The van der Waals surface area contributed by atoms with E-state index in [1.807, 2.05) is 24.3 Å². The molecule has 4 aliphatic rings. The number of nitrogens with zero attached hydrogens (tertiary/aromatic N) is 1. The number of hydrogen-bond acceptors (Lipinski definition) is 4. The van der Waals surface area contributed by atoms with Crippen molar-refractivity contribution in [1.82, 2.24) is 0 Å². The van der Waals surface area contributed by atoms with E-state index in [1.165, 1.54) is 17.0 Å². The van der Waals surface area contributed by atoms with Crippen molar-refractivity contribution in [2.75, 3.05) is 9.62 Å². The number of imide groups is 1. The molecule has 0 unspecified atom stereocenters. The van der Waals surface area contributed by atoms with E-state index < -0.39 is 21.9 Å². The Labute approximate surface area is 224 Å². The van der Waals surface area contributed by atoms with E-state index in [1.54, 1.807) is 36.4 Å². The fraction of sp³-hybridized carbons (Fsp3) is 0.133. The lowest BCUT2D eigenvalue weighted by Crippen LogP contribution is -2.41. The number of anilines is 2. The largest absolute Gasteiger partial charge is 0.280 e. The van der Waals surface area contributed by atoms with Gasteiger partial charge in [-0.05, 0) is 64.7 Å². The number of amides is 2. The zero-order valence-corrected chi connectivity index (χ0v) is 21.5. The second-order valence-electron chi connectivity index (χ2n) is 9.89. The molecule has 2 bridgehead atoms. The van der Waals surface area contributed by atoms with Crippen LogP contribution in [0, 0.1) is 11.8 Å². The third kappa shape index (κ3) is 3.28.